The van der Waals surface area contributed by atoms with Gasteiger partial charge in [-0.1, -0.05) is 47.7 Å². The third-order valence-corrected chi connectivity index (χ3v) is 5.26. The molecule has 27 heavy (non-hydrogen) atoms. The van der Waals surface area contributed by atoms with Crippen LogP contribution in [0.3, 0.4) is 0 Å². The minimum atomic E-state index is -0.103. The van der Waals surface area contributed by atoms with Crippen LogP contribution in [0.15, 0.2) is 52.0 Å². The number of aryl methyl sites for hydroxylation is 1. The minimum absolute atomic E-state index is 0.103. The molecule has 0 saturated carbocycles. The molecule has 0 atom stereocenters. The van der Waals surface area contributed by atoms with Gasteiger partial charge in [0.25, 0.3) is 5.95 Å². The first-order chi connectivity index (χ1) is 13.1. The van der Waals surface area contributed by atoms with E-state index in [0.717, 1.165) is 10.4 Å². The van der Waals surface area contributed by atoms with Gasteiger partial charge in [0.2, 0.25) is 11.1 Å². The number of carbonyl (C=O) groups is 1. The van der Waals surface area contributed by atoms with E-state index in [2.05, 4.69) is 26.0 Å². The Balaban J connectivity index is 1.45. The van der Waals surface area contributed by atoms with Crippen molar-refractivity contribution < 1.29 is 4.79 Å². The molecule has 0 bridgehead atoms. The number of rotatable bonds is 8. The van der Waals surface area contributed by atoms with Gasteiger partial charge in [0.1, 0.15) is 0 Å². The fourth-order valence-electron chi connectivity index (χ4n) is 2.06. The van der Waals surface area contributed by atoms with Crippen molar-refractivity contribution in [3.8, 4) is 0 Å². The maximum atomic E-state index is 12.0. The Bertz CT molecular complexity index is 904. The van der Waals surface area contributed by atoms with Gasteiger partial charge in [0.15, 0.2) is 0 Å². The molecule has 3 aromatic rings. The number of carbonyl (C=O) groups excluding carboxylic acids is 1. The lowest BCUT2D eigenvalue weighted by atomic mass is 10.1. The van der Waals surface area contributed by atoms with Gasteiger partial charge < -0.3 is 11.2 Å². The lowest BCUT2D eigenvalue weighted by Crippen LogP contribution is -2.25. The van der Waals surface area contributed by atoms with Crippen LogP contribution in [-0.2, 0) is 11.3 Å². The van der Waals surface area contributed by atoms with Crippen LogP contribution in [0.5, 0.6) is 0 Å². The van der Waals surface area contributed by atoms with Crippen LogP contribution in [0.1, 0.15) is 16.0 Å². The number of amides is 1. The number of benzene rings is 1. The number of hydrogen-bond acceptors (Lipinski definition) is 8. The zero-order chi connectivity index (χ0) is 19.1. The number of aromatic nitrogens is 3. The summed E-state index contributed by atoms with van der Waals surface area (Å²) in [5.74, 6) is 6.32. The van der Waals surface area contributed by atoms with Gasteiger partial charge >= 0.3 is 0 Å². The van der Waals surface area contributed by atoms with E-state index < -0.39 is 0 Å². The number of nitrogens with two attached hydrogens (primary N) is 1. The predicted molar refractivity (Wildman–Crippen MR) is 109 cm³/mol. The first kappa shape index (κ1) is 18.9. The van der Waals surface area contributed by atoms with Crippen molar-refractivity contribution in [1.29, 1.82) is 0 Å². The third kappa shape index (κ3) is 5.56. The van der Waals surface area contributed by atoms with Gasteiger partial charge in [-0.2, -0.15) is 5.10 Å². The van der Waals surface area contributed by atoms with Crippen molar-refractivity contribution in [2.24, 2.45) is 5.10 Å². The molecule has 2 heterocycles. The minimum Gasteiger partial charge on any atom is -0.351 e. The monoisotopic (exact) mass is 401 g/mol. The average Bonchev–Trinajstić information content (AvgIpc) is 3.30. The van der Waals surface area contributed by atoms with E-state index >= 15 is 0 Å². The van der Waals surface area contributed by atoms with Crippen molar-refractivity contribution >= 4 is 41.2 Å². The Morgan fingerprint density at radius 3 is 2.89 bits per heavy atom. The second-order valence-electron chi connectivity index (χ2n) is 5.61. The normalized spacial score (nSPS) is 11.0. The van der Waals surface area contributed by atoms with Crippen LogP contribution in [0.2, 0.25) is 0 Å². The molecular formula is C17H19N7OS2. The number of thiophene rings is 1. The largest absolute Gasteiger partial charge is 0.351 e. The number of hydrazone groups is 1. The van der Waals surface area contributed by atoms with Crippen molar-refractivity contribution in [3.05, 3.63) is 57.8 Å². The summed E-state index contributed by atoms with van der Waals surface area (Å²) in [7, 11) is 0. The van der Waals surface area contributed by atoms with Crippen molar-refractivity contribution in [3.63, 3.8) is 0 Å². The van der Waals surface area contributed by atoms with Gasteiger partial charge in [-0.3, -0.25) is 4.79 Å². The summed E-state index contributed by atoms with van der Waals surface area (Å²) in [5, 5.41) is 17.2. The van der Waals surface area contributed by atoms with Crippen LogP contribution in [-0.4, -0.2) is 32.7 Å². The molecule has 4 N–H and O–H groups in total. The molecule has 0 saturated heterocycles. The number of thioether (sulfide) groups is 1. The molecule has 0 unspecified atom stereocenters. The highest BCUT2D eigenvalue weighted by Gasteiger charge is 2.11. The fourth-order valence-corrected chi connectivity index (χ4v) is 3.33. The molecular weight excluding hydrogens is 382 g/mol. The molecule has 0 spiro atoms. The average molecular weight is 402 g/mol. The zero-order valence-corrected chi connectivity index (χ0v) is 16.3. The highest BCUT2D eigenvalue weighted by atomic mass is 32.2. The molecule has 0 fully saturated rings. The van der Waals surface area contributed by atoms with Gasteiger partial charge in [-0.25, -0.2) is 10.1 Å². The van der Waals surface area contributed by atoms with Crippen LogP contribution in [0.4, 0.5) is 5.95 Å². The molecule has 2 aromatic heterocycles. The number of nitrogens with zero attached hydrogens (tertiary/aromatic N) is 4. The van der Waals surface area contributed by atoms with E-state index in [1.165, 1.54) is 22.0 Å². The van der Waals surface area contributed by atoms with Crippen LogP contribution in [0, 0.1) is 6.92 Å². The number of hydrogen-bond donors (Lipinski definition) is 3. The maximum Gasteiger partial charge on any atom is 0.264 e. The van der Waals surface area contributed by atoms with E-state index in [4.69, 9.17) is 5.84 Å². The van der Waals surface area contributed by atoms with Gasteiger partial charge in [-0.15, -0.1) is 21.5 Å². The summed E-state index contributed by atoms with van der Waals surface area (Å²) < 4.78 is 1.27. The Labute approximate surface area is 164 Å². The standard InChI is InChI=1S/C17H19N7OS2/c1-12-4-6-13(7-5-12)9-19-15(25)11-27-17-23-22-16(24(17)18)21-20-10-14-3-2-8-26-14/h2-8,10H,9,11,18H2,1H3,(H,19,25)(H,21,22)/b20-10+. The second kappa shape index (κ2) is 9.19. The van der Waals surface area contributed by atoms with Crippen LogP contribution < -0.4 is 16.6 Å². The first-order valence-electron chi connectivity index (χ1n) is 8.10. The lowest BCUT2D eigenvalue weighted by molar-refractivity contribution is -0.118. The van der Waals surface area contributed by atoms with E-state index in [9.17, 15) is 4.79 Å². The Kier molecular flexibility index (Phi) is 6.44. The van der Waals surface area contributed by atoms with Crippen LogP contribution >= 0.6 is 23.1 Å². The molecule has 3 rings (SSSR count). The summed E-state index contributed by atoms with van der Waals surface area (Å²) in [6.45, 7) is 2.51. The molecule has 0 aliphatic heterocycles. The van der Waals surface area contributed by atoms with E-state index in [1.54, 1.807) is 17.6 Å². The lowest BCUT2D eigenvalue weighted by Gasteiger charge is -2.06. The number of nitrogen functional groups attached to an aromatic ring is 1. The van der Waals surface area contributed by atoms with Gasteiger partial charge in [-0.05, 0) is 23.9 Å². The van der Waals surface area contributed by atoms with E-state index in [1.807, 2.05) is 48.7 Å². The predicted octanol–water partition coefficient (Wildman–Crippen LogP) is 2.22. The maximum absolute atomic E-state index is 12.0. The Morgan fingerprint density at radius 2 is 2.15 bits per heavy atom. The van der Waals surface area contributed by atoms with Gasteiger partial charge in [0, 0.05) is 11.4 Å². The quantitative estimate of drug-likeness (QED) is 0.231. The van der Waals surface area contributed by atoms with Gasteiger partial charge in [0.05, 0.1) is 12.0 Å². The molecule has 0 radical (unpaired) electrons. The molecule has 0 aliphatic rings. The second-order valence-corrected chi connectivity index (χ2v) is 7.53. The van der Waals surface area contributed by atoms with Crippen LogP contribution in [0.25, 0.3) is 0 Å². The Hall–Kier alpha value is -2.85. The smallest absolute Gasteiger partial charge is 0.264 e. The van der Waals surface area contributed by atoms with Crippen molar-refractivity contribution in [1.82, 2.24) is 20.2 Å². The SMILES string of the molecule is Cc1ccc(CNC(=O)CSc2nnc(N/N=C/c3cccs3)n2N)cc1. The summed E-state index contributed by atoms with van der Waals surface area (Å²) in [6, 6.07) is 11.9. The first-order valence-corrected chi connectivity index (χ1v) is 9.96. The summed E-state index contributed by atoms with van der Waals surface area (Å²) >= 11 is 2.78. The molecule has 10 heteroatoms. The van der Waals surface area contributed by atoms with Crippen molar-refractivity contribution in [2.45, 2.75) is 18.6 Å². The molecule has 0 aliphatic carbocycles. The third-order valence-electron chi connectivity index (χ3n) is 3.51. The molecule has 140 valence electrons. The highest BCUT2D eigenvalue weighted by molar-refractivity contribution is 7.99. The van der Waals surface area contributed by atoms with E-state index in [-0.39, 0.29) is 11.7 Å². The molecule has 1 aromatic carbocycles. The number of nitrogens with one attached hydrogen (secondary N) is 2. The summed E-state index contributed by atoms with van der Waals surface area (Å²) in [6.07, 6.45) is 1.67. The van der Waals surface area contributed by atoms with Crippen molar-refractivity contribution in [2.75, 3.05) is 17.0 Å². The zero-order valence-electron chi connectivity index (χ0n) is 14.6. The topological polar surface area (TPSA) is 110 Å². The summed E-state index contributed by atoms with van der Waals surface area (Å²) in [5.41, 5.74) is 4.98. The Morgan fingerprint density at radius 1 is 1.33 bits per heavy atom. The highest BCUT2D eigenvalue weighted by Crippen LogP contribution is 2.16. The number of anilines is 1. The summed E-state index contributed by atoms with van der Waals surface area (Å²) in [4.78, 5) is 13.0. The van der Waals surface area contributed by atoms with E-state index in [0.29, 0.717) is 17.6 Å². The molecule has 8 nitrogen and oxygen atoms in total. The molecule has 1 amide bonds. The fraction of sp³-hybridized carbons (Fsp3) is 0.176.